The van der Waals surface area contributed by atoms with Crippen LogP contribution in [0, 0.1) is 13.8 Å². The quantitative estimate of drug-likeness (QED) is 0.817. The molecule has 1 fully saturated rings. The second kappa shape index (κ2) is 8.71. The van der Waals surface area contributed by atoms with Gasteiger partial charge < -0.3 is 14.5 Å². The lowest BCUT2D eigenvalue weighted by Gasteiger charge is -2.35. The van der Waals surface area contributed by atoms with Crippen LogP contribution in [0.15, 0.2) is 48.5 Å². The number of para-hydroxylation sites is 1. The molecule has 2 aromatic rings. The molecule has 1 aliphatic rings. The Balaban J connectivity index is 1.47. The van der Waals surface area contributed by atoms with Crippen LogP contribution in [0.2, 0.25) is 0 Å². The zero-order chi connectivity index (χ0) is 19.2. The lowest BCUT2D eigenvalue weighted by molar-refractivity contribution is -0.133. The summed E-state index contributed by atoms with van der Waals surface area (Å²) in [5.74, 6) is 0.898. The van der Waals surface area contributed by atoms with Gasteiger partial charge in [0.15, 0.2) is 0 Å². The lowest BCUT2D eigenvalue weighted by Crippen LogP contribution is -2.50. The molecule has 0 saturated carbocycles. The van der Waals surface area contributed by atoms with Crippen molar-refractivity contribution in [1.29, 1.82) is 0 Å². The van der Waals surface area contributed by atoms with E-state index in [9.17, 15) is 9.59 Å². The minimum atomic E-state index is 0.0516. The maximum absolute atomic E-state index is 12.8. The summed E-state index contributed by atoms with van der Waals surface area (Å²) in [5, 5.41) is 0. The monoisotopic (exact) mass is 366 g/mol. The molecule has 27 heavy (non-hydrogen) atoms. The number of carbonyl (C=O) groups is 2. The summed E-state index contributed by atoms with van der Waals surface area (Å²) in [6.07, 6.45) is 0.347. The van der Waals surface area contributed by atoms with Gasteiger partial charge in [0.1, 0.15) is 5.75 Å². The van der Waals surface area contributed by atoms with Gasteiger partial charge in [-0.3, -0.25) is 9.59 Å². The highest BCUT2D eigenvalue weighted by Gasteiger charge is 2.25. The Morgan fingerprint density at radius 1 is 0.926 bits per heavy atom. The molecule has 0 aromatic heterocycles. The minimum Gasteiger partial charge on any atom is -0.493 e. The standard InChI is InChI=1S/C22H26N2O3/c1-17-8-9-18(2)20(16-17)22(26)24-13-11-23(12-14-24)21(25)10-15-27-19-6-4-3-5-7-19/h3-9,16H,10-15H2,1-2H3. The number of carbonyl (C=O) groups excluding carboxylic acids is 2. The second-order valence-electron chi connectivity index (χ2n) is 6.90. The molecule has 142 valence electrons. The fourth-order valence-electron chi connectivity index (χ4n) is 3.23. The van der Waals surface area contributed by atoms with E-state index in [1.807, 2.05) is 72.2 Å². The molecule has 1 aliphatic heterocycles. The third-order valence-corrected chi connectivity index (χ3v) is 4.87. The summed E-state index contributed by atoms with van der Waals surface area (Å²) in [6, 6.07) is 15.4. The fourth-order valence-corrected chi connectivity index (χ4v) is 3.23. The highest BCUT2D eigenvalue weighted by molar-refractivity contribution is 5.96. The van der Waals surface area contributed by atoms with Gasteiger partial charge in [-0.25, -0.2) is 0 Å². The molecule has 5 heteroatoms. The molecule has 0 radical (unpaired) electrons. The SMILES string of the molecule is Cc1ccc(C)c(C(=O)N2CCN(C(=O)CCOc3ccccc3)CC2)c1. The Labute approximate surface area is 160 Å². The number of piperazine rings is 1. The molecule has 0 spiro atoms. The van der Waals surface area contributed by atoms with E-state index in [1.165, 1.54) is 0 Å². The Morgan fingerprint density at radius 3 is 2.30 bits per heavy atom. The molecule has 2 aromatic carbocycles. The van der Waals surface area contributed by atoms with Gasteiger partial charge in [0, 0.05) is 31.7 Å². The van der Waals surface area contributed by atoms with Gasteiger partial charge in [-0.1, -0.05) is 35.9 Å². The van der Waals surface area contributed by atoms with Gasteiger partial charge in [0.25, 0.3) is 5.91 Å². The first kappa shape index (κ1) is 19.0. The minimum absolute atomic E-state index is 0.0516. The highest BCUT2D eigenvalue weighted by Crippen LogP contribution is 2.15. The second-order valence-corrected chi connectivity index (χ2v) is 6.90. The maximum Gasteiger partial charge on any atom is 0.254 e. The first-order valence-corrected chi connectivity index (χ1v) is 9.37. The molecular formula is C22H26N2O3. The van der Waals surface area contributed by atoms with Crippen LogP contribution >= 0.6 is 0 Å². The first-order valence-electron chi connectivity index (χ1n) is 9.37. The number of nitrogens with zero attached hydrogens (tertiary/aromatic N) is 2. The summed E-state index contributed by atoms with van der Waals surface area (Å²) < 4.78 is 5.60. The summed E-state index contributed by atoms with van der Waals surface area (Å²) >= 11 is 0. The third kappa shape index (κ3) is 4.88. The van der Waals surface area contributed by atoms with Crippen molar-refractivity contribution in [2.24, 2.45) is 0 Å². The van der Waals surface area contributed by atoms with Gasteiger partial charge in [-0.15, -0.1) is 0 Å². The van der Waals surface area contributed by atoms with Gasteiger partial charge in [-0.05, 0) is 37.6 Å². The summed E-state index contributed by atoms with van der Waals surface area (Å²) in [5.41, 5.74) is 2.82. The average molecular weight is 366 g/mol. The van der Waals surface area contributed by atoms with Crippen molar-refractivity contribution in [2.45, 2.75) is 20.3 Å². The van der Waals surface area contributed by atoms with Crippen molar-refractivity contribution < 1.29 is 14.3 Å². The van der Waals surface area contributed by atoms with Crippen molar-refractivity contribution >= 4 is 11.8 Å². The molecule has 1 saturated heterocycles. The molecular weight excluding hydrogens is 340 g/mol. The molecule has 2 amide bonds. The largest absolute Gasteiger partial charge is 0.493 e. The van der Waals surface area contributed by atoms with Crippen LogP contribution < -0.4 is 4.74 Å². The first-order chi connectivity index (χ1) is 13.0. The number of hydrogen-bond donors (Lipinski definition) is 0. The zero-order valence-electron chi connectivity index (χ0n) is 16.0. The topological polar surface area (TPSA) is 49.9 Å². The lowest BCUT2D eigenvalue weighted by atomic mass is 10.0. The molecule has 0 aliphatic carbocycles. The number of benzene rings is 2. The number of aryl methyl sites for hydroxylation is 2. The Kier molecular flexibility index (Phi) is 6.12. The van der Waals surface area contributed by atoms with Crippen LogP contribution in [-0.2, 0) is 4.79 Å². The molecule has 1 heterocycles. The van der Waals surface area contributed by atoms with E-state index >= 15 is 0 Å². The number of rotatable bonds is 5. The fraction of sp³-hybridized carbons (Fsp3) is 0.364. The van der Waals surface area contributed by atoms with Crippen molar-refractivity contribution in [3.63, 3.8) is 0 Å². The predicted octanol–water partition coefficient (Wildman–Crippen LogP) is 3.06. The van der Waals surface area contributed by atoms with Gasteiger partial charge in [0.2, 0.25) is 5.91 Å². The van der Waals surface area contributed by atoms with Crippen molar-refractivity contribution in [2.75, 3.05) is 32.8 Å². The normalized spacial score (nSPS) is 14.1. The molecule has 5 nitrogen and oxygen atoms in total. The van der Waals surface area contributed by atoms with Gasteiger partial charge >= 0.3 is 0 Å². The van der Waals surface area contributed by atoms with E-state index in [-0.39, 0.29) is 11.8 Å². The van der Waals surface area contributed by atoms with E-state index in [0.29, 0.717) is 39.2 Å². The third-order valence-electron chi connectivity index (χ3n) is 4.87. The van der Waals surface area contributed by atoms with E-state index in [1.54, 1.807) is 0 Å². The number of amides is 2. The molecule has 0 atom stereocenters. The Hall–Kier alpha value is -2.82. The summed E-state index contributed by atoms with van der Waals surface area (Å²) in [7, 11) is 0. The maximum atomic E-state index is 12.8. The van der Waals surface area contributed by atoms with E-state index in [0.717, 1.165) is 22.4 Å². The van der Waals surface area contributed by atoms with Crippen LogP contribution in [0.4, 0.5) is 0 Å². The van der Waals surface area contributed by atoms with Crippen molar-refractivity contribution in [3.05, 3.63) is 65.2 Å². The van der Waals surface area contributed by atoms with Gasteiger partial charge in [-0.2, -0.15) is 0 Å². The number of ether oxygens (including phenoxy) is 1. The highest BCUT2D eigenvalue weighted by atomic mass is 16.5. The van der Waals surface area contributed by atoms with Crippen LogP contribution in [0.3, 0.4) is 0 Å². The summed E-state index contributed by atoms with van der Waals surface area (Å²) in [4.78, 5) is 28.8. The van der Waals surface area contributed by atoms with E-state index in [4.69, 9.17) is 4.74 Å². The number of hydrogen-bond acceptors (Lipinski definition) is 3. The van der Waals surface area contributed by atoms with E-state index in [2.05, 4.69) is 0 Å². The van der Waals surface area contributed by atoms with Crippen LogP contribution in [0.5, 0.6) is 5.75 Å². The van der Waals surface area contributed by atoms with Crippen LogP contribution in [0.1, 0.15) is 27.9 Å². The molecule has 0 bridgehead atoms. The average Bonchev–Trinajstić information content (AvgIpc) is 2.70. The summed E-state index contributed by atoms with van der Waals surface area (Å²) in [6.45, 7) is 6.59. The predicted molar refractivity (Wildman–Crippen MR) is 105 cm³/mol. The van der Waals surface area contributed by atoms with Gasteiger partial charge in [0.05, 0.1) is 13.0 Å². The Bertz CT molecular complexity index is 796. The Morgan fingerprint density at radius 2 is 1.59 bits per heavy atom. The molecule has 0 N–H and O–H groups in total. The van der Waals surface area contributed by atoms with Crippen molar-refractivity contribution in [3.8, 4) is 5.75 Å². The van der Waals surface area contributed by atoms with E-state index < -0.39 is 0 Å². The smallest absolute Gasteiger partial charge is 0.254 e. The molecule has 3 rings (SSSR count). The van der Waals surface area contributed by atoms with Crippen molar-refractivity contribution in [1.82, 2.24) is 9.80 Å². The van der Waals surface area contributed by atoms with Crippen LogP contribution in [0.25, 0.3) is 0 Å². The zero-order valence-corrected chi connectivity index (χ0v) is 16.0. The molecule has 0 unspecified atom stereocenters. The van der Waals surface area contributed by atoms with Crippen LogP contribution in [-0.4, -0.2) is 54.4 Å².